The van der Waals surface area contributed by atoms with Crippen LogP contribution in [0.25, 0.3) is 0 Å². The molecule has 1 aliphatic carbocycles. The standard InChI is InChI=1S/C23H33N5O2/c1-27-10-9-24-22(27)23(29)18-6-4-7-19(23)15-28(14-18)13-17-12-25-26-21(17)16-5-3-8-20(11-16)30-2/h3,5,8-11,17-19,21,25-26,29H,4,6-7,12-15H2,1-2H3. The number of methoxy groups -OCH3 is 1. The molecule has 2 aromatic rings. The maximum absolute atomic E-state index is 11.8. The van der Waals surface area contributed by atoms with Crippen LogP contribution < -0.4 is 15.6 Å². The SMILES string of the molecule is COc1cccc(C2NNCC2CN2CC3CCCC(C2)C3(O)c2nccn2C)c1. The molecule has 1 aromatic heterocycles. The summed E-state index contributed by atoms with van der Waals surface area (Å²) in [6.07, 6.45) is 7.09. The number of benzene rings is 1. The summed E-state index contributed by atoms with van der Waals surface area (Å²) in [5, 5.41) is 11.8. The normalized spacial score (nSPS) is 34.2. The second kappa shape index (κ2) is 7.96. The number of rotatable bonds is 5. The number of hydrogen-bond acceptors (Lipinski definition) is 6. The van der Waals surface area contributed by atoms with Gasteiger partial charge in [-0.3, -0.25) is 5.43 Å². The van der Waals surface area contributed by atoms with Gasteiger partial charge < -0.3 is 19.3 Å². The smallest absolute Gasteiger partial charge is 0.141 e. The lowest BCUT2D eigenvalue weighted by molar-refractivity contribution is -0.155. The minimum atomic E-state index is -0.800. The fourth-order valence-corrected chi connectivity index (χ4v) is 6.04. The Hall–Kier alpha value is -1.93. The molecule has 7 heteroatoms. The molecule has 1 aromatic carbocycles. The average Bonchev–Trinajstić information content (AvgIpc) is 3.38. The molecule has 0 amide bonds. The van der Waals surface area contributed by atoms with Gasteiger partial charge in [0, 0.05) is 63.4 Å². The minimum absolute atomic E-state index is 0.240. The van der Waals surface area contributed by atoms with Crippen molar-refractivity contribution < 1.29 is 9.84 Å². The first-order valence-electron chi connectivity index (χ1n) is 11.1. The first kappa shape index (κ1) is 20.0. The summed E-state index contributed by atoms with van der Waals surface area (Å²) < 4.78 is 7.43. The van der Waals surface area contributed by atoms with Crippen LogP contribution in [0.5, 0.6) is 5.75 Å². The number of piperidine rings is 1. The summed E-state index contributed by atoms with van der Waals surface area (Å²) in [5.41, 5.74) is 7.29. The van der Waals surface area contributed by atoms with E-state index in [0.717, 1.165) is 50.6 Å². The molecule has 4 unspecified atom stereocenters. The van der Waals surface area contributed by atoms with Crippen molar-refractivity contribution in [2.24, 2.45) is 24.8 Å². The van der Waals surface area contributed by atoms with Crippen LogP contribution in [-0.2, 0) is 12.6 Å². The summed E-state index contributed by atoms with van der Waals surface area (Å²) in [5.74, 6) is 2.69. The van der Waals surface area contributed by atoms with Gasteiger partial charge in [-0.15, -0.1) is 0 Å². The molecule has 2 aliphatic heterocycles. The topological polar surface area (TPSA) is 74.6 Å². The van der Waals surface area contributed by atoms with Crippen molar-refractivity contribution in [1.29, 1.82) is 0 Å². The van der Waals surface area contributed by atoms with E-state index in [9.17, 15) is 5.11 Å². The van der Waals surface area contributed by atoms with Crippen LogP contribution in [-0.4, -0.2) is 52.8 Å². The number of aliphatic hydroxyl groups is 1. The number of ether oxygens (including phenoxy) is 1. The Morgan fingerprint density at radius 1 is 1.27 bits per heavy atom. The van der Waals surface area contributed by atoms with Crippen LogP contribution in [0.1, 0.15) is 36.7 Å². The summed E-state index contributed by atoms with van der Waals surface area (Å²) in [6, 6.07) is 8.61. The van der Waals surface area contributed by atoms with E-state index in [1.54, 1.807) is 7.11 Å². The molecule has 30 heavy (non-hydrogen) atoms. The summed E-state index contributed by atoms with van der Waals surface area (Å²) in [6.45, 7) is 3.82. The van der Waals surface area contributed by atoms with Crippen LogP contribution in [0.2, 0.25) is 0 Å². The third-order valence-electron chi connectivity index (χ3n) is 7.53. The van der Waals surface area contributed by atoms with Gasteiger partial charge >= 0.3 is 0 Å². The molecule has 3 aliphatic rings. The second-order valence-corrected chi connectivity index (χ2v) is 9.27. The Morgan fingerprint density at radius 2 is 2.07 bits per heavy atom. The van der Waals surface area contributed by atoms with Gasteiger partial charge in [0.2, 0.25) is 0 Å². The zero-order chi connectivity index (χ0) is 20.7. The van der Waals surface area contributed by atoms with E-state index in [4.69, 9.17) is 4.74 Å². The predicted molar refractivity (Wildman–Crippen MR) is 115 cm³/mol. The molecule has 0 spiro atoms. The lowest BCUT2D eigenvalue weighted by Gasteiger charge is -2.53. The highest BCUT2D eigenvalue weighted by Crippen LogP contribution is 2.48. The number of likely N-dealkylation sites (tertiary alicyclic amines) is 1. The number of aryl methyl sites for hydroxylation is 1. The second-order valence-electron chi connectivity index (χ2n) is 9.27. The van der Waals surface area contributed by atoms with E-state index in [2.05, 4.69) is 38.9 Å². The minimum Gasteiger partial charge on any atom is -0.497 e. The van der Waals surface area contributed by atoms with Crippen molar-refractivity contribution in [3.8, 4) is 5.75 Å². The van der Waals surface area contributed by atoms with E-state index in [-0.39, 0.29) is 17.9 Å². The molecule has 2 saturated heterocycles. The van der Waals surface area contributed by atoms with Gasteiger partial charge in [0.1, 0.15) is 17.2 Å². The van der Waals surface area contributed by atoms with Crippen molar-refractivity contribution in [1.82, 2.24) is 25.3 Å². The van der Waals surface area contributed by atoms with Crippen molar-refractivity contribution in [2.45, 2.75) is 30.9 Å². The van der Waals surface area contributed by atoms with Crippen molar-refractivity contribution >= 4 is 0 Å². The zero-order valence-electron chi connectivity index (χ0n) is 17.9. The van der Waals surface area contributed by atoms with Crippen LogP contribution in [0.3, 0.4) is 0 Å². The maximum atomic E-state index is 11.8. The van der Waals surface area contributed by atoms with Crippen molar-refractivity contribution in [3.63, 3.8) is 0 Å². The van der Waals surface area contributed by atoms with Crippen LogP contribution in [0.15, 0.2) is 36.7 Å². The number of hydrogen-bond donors (Lipinski definition) is 3. The Labute approximate surface area is 178 Å². The lowest BCUT2D eigenvalue weighted by Crippen LogP contribution is -2.59. The fourth-order valence-electron chi connectivity index (χ4n) is 6.04. The highest BCUT2D eigenvalue weighted by atomic mass is 16.5. The number of hydrazine groups is 1. The summed E-state index contributed by atoms with van der Waals surface area (Å²) >= 11 is 0. The molecule has 3 N–H and O–H groups in total. The van der Waals surface area contributed by atoms with Gasteiger partial charge in [0.05, 0.1) is 13.2 Å². The molecule has 162 valence electrons. The monoisotopic (exact) mass is 411 g/mol. The number of aromatic nitrogens is 2. The largest absolute Gasteiger partial charge is 0.497 e. The molecule has 2 bridgehead atoms. The lowest BCUT2D eigenvalue weighted by atomic mass is 9.64. The third-order valence-corrected chi connectivity index (χ3v) is 7.53. The van der Waals surface area contributed by atoms with Gasteiger partial charge in [0.15, 0.2) is 0 Å². The number of imidazole rings is 1. The van der Waals surface area contributed by atoms with Gasteiger partial charge in [-0.05, 0) is 30.5 Å². The van der Waals surface area contributed by atoms with E-state index in [1.165, 1.54) is 12.0 Å². The van der Waals surface area contributed by atoms with Crippen LogP contribution in [0, 0.1) is 17.8 Å². The quantitative estimate of drug-likeness (QED) is 0.697. The zero-order valence-corrected chi connectivity index (χ0v) is 17.9. The van der Waals surface area contributed by atoms with E-state index >= 15 is 0 Å². The number of nitrogens with zero attached hydrogens (tertiary/aromatic N) is 3. The maximum Gasteiger partial charge on any atom is 0.141 e. The van der Waals surface area contributed by atoms with Crippen LogP contribution >= 0.6 is 0 Å². The van der Waals surface area contributed by atoms with E-state index in [0.29, 0.717) is 5.92 Å². The number of fused-ring (bicyclic) bond motifs is 2. The molecule has 7 nitrogen and oxygen atoms in total. The van der Waals surface area contributed by atoms with Crippen molar-refractivity contribution in [2.75, 3.05) is 33.3 Å². The summed E-state index contributed by atoms with van der Waals surface area (Å²) in [4.78, 5) is 7.13. The van der Waals surface area contributed by atoms with Gasteiger partial charge in [-0.1, -0.05) is 18.6 Å². The van der Waals surface area contributed by atoms with Gasteiger partial charge in [0.25, 0.3) is 0 Å². The Bertz CT molecular complexity index is 870. The van der Waals surface area contributed by atoms with Crippen molar-refractivity contribution in [3.05, 3.63) is 48.0 Å². The van der Waals surface area contributed by atoms with Gasteiger partial charge in [-0.2, -0.15) is 0 Å². The summed E-state index contributed by atoms with van der Waals surface area (Å²) in [7, 11) is 3.71. The Morgan fingerprint density at radius 3 is 2.77 bits per heavy atom. The van der Waals surface area contributed by atoms with E-state index in [1.807, 2.05) is 30.1 Å². The van der Waals surface area contributed by atoms with E-state index < -0.39 is 5.60 Å². The predicted octanol–water partition coefficient (Wildman–Crippen LogP) is 1.81. The third kappa shape index (κ3) is 3.34. The molecule has 3 fully saturated rings. The Balaban J connectivity index is 1.33. The Kier molecular flexibility index (Phi) is 5.31. The fraction of sp³-hybridized carbons (Fsp3) is 0.609. The first-order chi connectivity index (χ1) is 14.6. The molecular formula is C23H33N5O2. The molecule has 4 atom stereocenters. The highest BCUT2D eigenvalue weighted by Gasteiger charge is 2.54. The molecule has 1 saturated carbocycles. The van der Waals surface area contributed by atoms with Crippen LogP contribution in [0.4, 0.5) is 0 Å². The van der Waals surface area contributed by atoms with Gasteiger partial charge in [-0.25, -0.2) is 10.4 Å². The molecule has 5 rings (SSSR count). The molecule has 0 radical (unpaired) electrons. The number of nitrogens with one attached hydrogen (secondary N) is 2. The average molecular weight is 412 g/mol. The molecule has 3 heterocycles. The highest BCUT2D eigenvalue weighted by molar-refractivity contribution is 5.31. The first-order valence-corrected chi connectivity index (χ1v) is 11.1. The molecular weight excluding hydrogens is 378 g/mol.